The molecule has 7 heteroatoms. The number of anilines is 2. The van der Waals surface area contributed by atoms with Gasteiger partial charge in [0.2, 0.25) is 5.91 Å². The molecule has 29 heavy (non-hydrogen) atoms. The molecular formula is C22H25N5O2. The first kappa shape index (κ1) is 20.3. The largest absolute Gasteiger partial charge is 0.497 e. The van der Waals surface area contributed by atoms with E-state index >= 15 is 0 Å². The fourth-order valence-electron chi connectivity index (χ4n) is 3.04. The zero-order valence-electron chi connectivity index (χ0n) is 17.1. The van der Waals surface area contributed by atoms with Crippen molar-refractivity contribution >= 4 is 17.4 Å². The quantitative estimate of drug-likeness (QED) is 0.664. The topological polar surface area (TPSA) is 80.2 Å². The lowest BCUT2D eigenvalue weighted by Crippen LogP contribution is -2.31. The first-order chi connectivity index (χ1) is 14.0. The number of ether oxygens (including phenoxy) is 1. The third-order valence-corrected chi connectivity index (χ3v) is 4.57. The van der Waals surface area contributed by atoms with Crippen molar-refractivity contribution in [2.75, 3.05) is 30.9 Å². The molecule has 2 heterocycles. The highest BCUT2D eigenvalue weighted by Crippen LogP contribution is 2.23. The number of carbonyl (C=O) groups is 1. The van der Waals surface area contributed by atoms with Crippen molar-refractivity contribution in [3.8, 4) is 17.3 Å². The molecule has 1 N–H and O–H groups in total. The fourth-order valence-corrected chi connectivity index (χ4v) is 3.04. The number of benzene rings is 1. The normalized spacial score (nSPS) is 10.5. The van der Waals surface area contributed by atoms with E-state index in [2.05, 4.69) is 27.2 Å². The number of amides is 1. The maximum absolute atomic E-state index is 12.5. The molecule has 0 bridgehead atoms. The summed E-state index contributed by atoms with van der Waals surface area (Å²) in [7, 11) is 3.46. The minimum absolute atomic E-state index is 0.131. The Morgan fingerprint density at radius 3 is 2.52 bits per heavy atom. The number of methoxy groups -OCH3 is 1. The molecule has 1 aromatic carbocycles. The van der Waals surface area contributed by atoms with Crippen molar-refractivity contribution < 1.29 is 9.53 Å². The smallest absolute Gasteiger partial charge is 0.243 e. The summed E-state index contributed by atoms with van der Waals surface area (Å²) >= 11 is 0. The number of nitrogens with zero attached hydrogens (tertiary/aromatic N) is 4. The van der Waals surface area contributed by atoms with Gasteiger partial charge in [0.1, 0.15) is 17.3 Å². The average molecular weight is 391 g/mol. The maximum Gasteiger partial charge on any atom is 0.243 e. The van der Waals surface area contributed by atoms with Crippen molar-refractivity contribution in [1.29, 1.82) is 0 Å². The Bertz CT molecular complexity index is 974. The summed E-state index contributed by atoms with van der Waals surface area (Å²) in [5, 5.41) is 2.90. The molecule has 0 aliphatic rings. The van der Waals surface area contributed by atoms with E-state index in [0.717, 1.165) is 29.2 Å². The minimum atomic E-state index is -0.131. The van der Waals surface area contributed by atoms with Crippen LogP contribution in [-0.4, -0.2) is 41.6 Å². The molecule has 0 unspecified atom stereocenters. The number of likely N-dealkylation sites (N-methyl/N-ethyl adjacent to an activating group) is 1. The lowest BCUT2D eigenvalue weighted by Gasteiger charge is -2.21. The highest BCUT2D eigenvalue weighted by Gasteiger charge is 2.17. The first-order valence-electron chi connectivity index (χ1n) is 9.45. The number of pyridine rings is 1. The molecule has 150 valence electrons. The molecule has 2 aromatic heterocycles. The Kier molecular flexibility index (Phi) is 6.39. The third-order valence-electron chi connectivity index (χ3n) is 4.57. The third kappa shape index (κ3) is 4.87. The van der Waals surface area contributed by atoms with Gasteiger partial charge in [-0.1, -0.05) is 13.0 Å². The molecule has 0 fully saturated rings. The van der Waals surface area contributed by atoms with E-state index < -0.39 is 0 Å². The lowest BCUT2D eigenvalue weighted by molar-refractivity contribution is -0.114. The van der Waals surface area contributed by atoms with Gasteiger partial charge >= 0.3 is 0 Å². The molecule has 0 saturated carbocycles. The van der Waals surface area contributed by atoms with Crippen LogP contribution >= 0.6 is 0 Å². The Morgan fingerprint density at radius 2 is 1.90 bits per heavy atom. The van der Waals surface area contributed by atoms with Crippen LogP contribution in [0.2, 0.25) is 0 Å². The Balaban J connectivity index is 1.80. The fraction of sp³-hybridized carbons (Fsp3) is 0.273. The predicted octanol–water partition coefficient (Wildman–Crippen LogP) is 3.49. The molecule has 0 aliphatic carbocycles. The summed E-state index contributed by atoms with van der Waals surface area (Å²) in [6.45, 7) is 4.20. The number of hydrogen-bond acceptors (Lipinski definition) is 6. The van der Waals surface area contributed by atoms with Crippen LogP contribution in [0.15, 0.2) is 48.7 Å². The number of aromatic nitrogens is 3. The molecule has 1 amide bonds. The van der Waals surface area contributed by atoms with Gasteiger partial charge < -0.3 is 15.0 Å². The number of carbonyl (C=O) groups excluding carboxylic acids is 1. The van der Waals surface area contributed by atoms with Crippen LogP contribution in [0, 0.1) is 6.92 Å². The van der Waals surface area contributed by atoms with Gasteiger partial charge in [0.25, 0.3) is 0 Å². The van der Waals surface area contributed by atoms with Gasteiger partial charge in [-0.15, -0.1) is 0 Å². The van der Waals surface area contributed by atoms with E-state index in [-0.39, 0.29) is 12.5 Å². The van der Waals surface area contributed by atoms with Gasteiger partial charge in [0.15, 0.2) is 5.82 Å². The number of hydrogen-bond donors (Lipinski definition) is 1. The van der Waals surface area contributed by atoms with Crippen LogP contribution in [0.25, 0.3) is 11.5 Å². The summed E-state index contributed by atoms with van der Waals surface area (Å²) in [4.78, 5) is 28.1. The highest BCUT2D eigenvalue weighted by atomic mass is 16.5. The van der Waals surface area contributed by atoms with E-state index in [9.17, 15) is 4.79 Å². The van der Waals surface area contributed by atoms with Crippen LogP contribution in [0.3, 0.4) is 0 Å². The molecule has 3 aromatic rings. The Labute approximate surface area is 170 Å². The zero-order valence-corrected chi connectivity index (χ0v) is 17.1. The maximum atomic E-state index is 12.5. The van der Waals surface area contributed by atoms with Crippen LogP contribution in [0.5, 0.6) is 5.75 Å². The van der Waals surface area contributed by atoms with Crippen LogP contribution < -0.4 is 15.0 Å². The second-order valence-electron chi connectivity index (χ2n) is 6.64. The number of rotatable bonds is 7. The average Bonchev–Trinajstić information content (AvgIpc) is 2.75. The SMILES string of the molecule is CCc1nc(-c2ccccn2)nc(N(C)CC(=O)Nc2ccc(OC)cc2)c1C. The lowest BCUT2D eigenvalue weighted by atomic mass is 10.1. The van der Waals surface area contributed by atoms with Gasteiger partial charge in [0, 0.05) is 30.2 Å². The molecule has 0 atom stereocenters. The molecule has 0 spiro atoms. The highest BCUT2D eigenvalue weighted by molar-refractivity contribution is 5.94. The van der Waals surface area contributed by atoms with Crippen molar-refractivity contribution in [2.45, 2.75) is 20.3 Å². The van der Waals surface area contributed by atoms with Crippen LogP contribution in [0.4, 0.5) is 11.5 Å². The van der Waals surface area contributed by atoms with Gasteiger partial charge in [-0.2, -0.15) is 0 Å². The van der Waals surface area contributed by atoms with E-state index in [0.29, 0.717) is 17.2 Å². The molecule has 3 rings (SSSR count). The van der Waals surface area contributed by atoms with Gasteiger partial charge in [-0.25, -0.2) is 9.97 Å². The predicted molar refractivity (Wildman–Crippen MR) is 114 cm³/mol. The van der Waals surface area contributed by atoms with E-state index in [1.165, 1.54) is 0 Å². The second-order valence-corrected chi connectivity index (χ2v) is 6.64. The van der Waals surface area contributed by atoms with Crippen molar-refractivity contribution in [1.82, 2.24) is 15.0 Å². The second kappa shape index (κ2) is 9.14. The van der Waals surface area contributed by atoms with E-state index in [1.54, 1.807) is 37.6 Å². The summed E-state index contributed by atoms with van der Waals surface area (Å²) < 4.78 is 5.14. The zero-order chi connectivity index (χ0) is 20.8. The molecule has 0 saturated heterocycles. The van der Waals surface area contributed by atoms with Crippen LogP contribution in [0.1, 0.15) is 18.2 Å². The van der Waals surface area contributed by atoms with Crippen LogP contribution in [-0.2, 0) is 11.2 Å². The molecular weight excluding hydrogens is 366 g/mol. The summed E-state index contributed by atoms with van der Waals surface area (Å²) in [5.41, 5.74) is 3.33. The monoisotopic (exact) mass is 391 g/mol. The summed E-state index contributed by atoms with van der Waals surface area (Å²) in [6.07, 6.45) is 2.49. The number of aryl methyl sites for hydroxylation is 1. The van der Waals surface area contributed by atoms with E-state index in [1.807, 2.05) is 37.1 Å². The summed E-state index contributed by atoms with van der Waals surface area (Å²) in [6, 6.07) is 12.9. The standard InChI is InChI=1S/C22H25N5O2/c1-5-18-15(2)22(26-21(25-18)19-8-6-7-13-23-19)27(3)14-20(28)24-16-9-11-17(29-4)12-10-16/h6-13H,5,14H2,1-4H3,(H,24,28). The first-order valence-corrected chi connectivity index (χ1v) is 9.45. The van der Waals surface area contributed by atoms with Crippen molar-refractivity contribution in [2.24, 2.45) is 0 Å². The molecule has 7 nitrogen and oxygen atoms in total. The van der Waals surface area contributed by atoms with Crippen molar-refractivity contribution in [3.05, 3.63) is 59.9 Å². The van der Waals surface area contributed by atoms with Crippen molar-refractivity contribution in [3.63, 3.8) is 0 Å². The Hall–Kier alpha value is -3.48. The van der Waals surface area contributed by atoms with E-state index in [4.69, 9.17) is 4.74 Å². The summed E-state index contributed by atoms with van der Waals surface area (Å²) in [5.74, 6) is 1.90. The van der Waals surface area contributed by atoms with Gasteiger partial charge in [0.05, 0.1) is 13.7 Å². The van der Waals surface area contributed by atoms with Gasteiger partial charge in [-0.3, -0.25) is 9.78 Å². The number of nitrogens with one attached hydrogen (secondary N) is 1. The molecule has 0 aliphatic heterocycles. The Morgan fingerprint density at radius 1 is 1.14 bits per heavy atom. The minimum Gasteiger partial charge on any atom is -0.497 e. The van der Waals surface area contributed by atoms with Gasteiger partial charge in [-0.05, 0) is 49.7 Å². The molecule has 0 radical (unpaired) electrons.